The van der Waals surface area contributed by atoms with Crippen molar-refractivity contribution in [2.45, 2.75) is 59.2 Å². The number of piperazine rings is 1. The summed E-state index contributed by atoms with van der Waals surface area (Å²) >= 11 is 0. The molecule has 2 rings (SSSR count). The fourth-order valence-corrected chi connectivity index (χ4v) is 3.39. The zero-order valence-electron chi connectivity index (χ0n) is 15.0. The second-order valence-electron chi connectivity index (χ2n) is 7.61. The maximum atomic E-state index is 14.0. The second-order valence-corrected chi connectivity index (χ2v) is 7.61. The summed E-state index contributed by atoms with van der Waals surface area (Å²) in [6.45, 7) is 9.05. The number of rotatable bonds is 6. The average Bonchev–Trinajstić information content (AvgIpc) is 2.45. The van der Waals surface area contributed by atoms with E-state index in [1.165, 1.54) is 18.2 Å². The molecule has 1 aliphatic heterocycles. The van der Waals surface area contributed by atoms with Gasteiger partial charge in [0.25, 0.3) is 0 Å². The van der Waals surface area contributed by atoms with E-state index in [1.807, 2.05) is 4.90 Å². The van der Waals surface area contributed by atoms with Crippen LogP contribution < -0.4 is 5.32 Å². The third kappa shape index (κ3) is 4.76. The predicted molar refractivity (Wildman–Crippen MR) is 91.4 cm³/mol. The number of amides is 1. The summed E-state index contributed by atoms with van der Waals surface area (Å²) in [6, 6.07) is 3.59. The molecular formula is C19H28F2N2O. The van der Waals surface area contributed by atoms with Crippen LogP contribution in [0.5, 0.6) is 0 Å². The third-order valence-electron chi connectivity index (χ3n) is 4.42. The Labute approximate surface area is 143 Å². The fourth-order valence-electron chi connectivity index (χ4n) is 3.39. The molecule has 5 heteroatoms. The van der Waals surface area contributed by atoms with Gasteiger partial charge in [0.1, 0.15) is 11.6 Å². The quantitative estimate of drug-likeness (QED) is 0.857. The summed E-state index contributed by atoms with van der Waals surface area (Å²) in [7, 11) is 0. The van der Waals surface area contributed by atoms with Crippen molar-refractivity contribution in [3.05, 3.63) is 35.4 Å². The summed E-state index contributed by atoms with van der Waals surface area (Å²) in [5, 5.41) is 3.08. The molecule has 0 radical (unpaired) electrons. The second kappa shape index (κ2) is 8.06. The predicted octanol–water partition coefficient (Wildman–Crippen LogP) is 3.73. The summed E-state index contributed by atoms with van der Waals surface area (Å²) in [6.07, 6.45) is 1.53. The molecule has 0 aliphatic carbocycles. The Balaban J connectivity index is 2.23. The summed E-state index contributed by atoms with van der Waals surface area (Å²) in [5.74, 6) is -0.355. The number of nitrogens with zero attached hydrogens (tertiary/aromatic N) is 1. The standard InChI is InChI=1S/C19H28F2N2O/c1-12(2)8-14-10-23(18(9-13(3)4)19(24)22-14)11-15-16(20)6-5-7-17(15)21/h5-7,12-14,18H,8-11H2,1-4H3,(H,22,24)/t14-,18-/m0/s1. The summed E-state index contributed by atoms with van der Waals surface area (Å²) in [5.41, 5.74) is 0.0456. The zero-order valence-corrected chi connectivity index (χ0v) is 15.0. The molecule has 1 aromatic rings. The highest BCUT2D eigenvalue weighted by atomic mass is 19.1. The van der Waals surface area contributed by atoms with Crippen molar-refractivity contribution < 1.29 is 13.6 Å². The van der Waals surface area contributed by atoms with E-state index in [2.05, 4.69) is 33.0 Å². The fraction of sp³-hybridized carbons (Fsp3) is 0.632. The minimum absolute atomic E-state index is 0.0238. The van der Waals surface area contributed by atoms with E-state index in [-0.39, 0.29) is 30.1 Å². The Morgan fingerprint density at radius 1 is 1.12 bits per heavy atom. The first-order valence-electron chi connectivity index (χ1n) is 8.75. The van der Waals surface area contributed by atoms with Crippen LogP contribution in [-0.4, -0.2) is 29.4 Å². The first-order valence-corrected chi connectivity index (χ1v) is 8.75. The molecule has 24 heavy (non-hydrogen) atoms. The van der Waals surface area contributed by atoms with E-state index >= 15 is 0 Å². The van der Waals surface area contributed by atoms with E-state index < -0.39 is 11.6 Å². The Hall–Kier alpha value is -1.49. The molecule has 1 heterocycles. The number of carbonyl (C=O) groups is 1. The van der Waals surface area contributed by atoms with Crippen LogP contribution in [0.2, 0.25) is 0 Å². The molecule has 1 amide bonds. The molecule has 0 unspecified atom stereocenters. The zero-order chi connectivity index (χ0) is 17.9. The van der Waals surface area contributed by atoms with Gasteiger partial charge in [-0.05, 0) is 36.8 Å². The van der Waals surface area contributed by atoms with Crippen LogP contribution in [0, 0.1) is 23.5 Å². The molecular weight excluding hydrogens is 310 g/mol. The lowest BCUT2D eigenvalue weighted by atomic mass is 9.94. The lowest BCUT2D eigenvalue weighted by Crippen LogP contribution is -2.60. The van der Waals surface area contributed by atoms with E-state index in [0.717, 1.165) is 6.42 Å². The van der Waals surface area contributed by atoms with Gasteiger partial charge in [-0.3, -0.25) is 9.69 Å². The van der Waals surface area contributed by atoms with E-state index in [0.29, 0.717) is 24.8 Å². The number of hydrogen-bond donors (Lipinski definition) is 1. The molecule has 1 aliphatic rings. The maximum absolute atomic E-state index is 14.0. The maximum Gasteiger partial charge on any atom is 0.237 e. The third-order valence-corrected chi connectivity index (χ3v) is 4.42. The number of benzene rings is 1. The van der Waals surface area contributed by atoms with Gasteiger partial charge in [0.05, 0.1) is 6.04 Å². The van der Waals surface area contributed by atoms with Crippen LogP contribution >= 0.6 is 0 Å². The molecule has 1 N–H and O–H groups in total. The van der Waals surface area contributed by atoms with Crippen LogP contribution in [0.15, 0.2) is 18.2 Å². The molecule has 1 aromatic carbocycles. The molecule has 0 bridgehead atoms. The monoisotopic (exact) mass is 338 g/mol. The Kier molecular flexibility index (Phi) is 6.33. The number of hydrogen-bond acceptors (Lipinski definition) is 2. The average molecular weight is 338 g/mol. The van der Waals surface area contributed by atoms with Gasteiger partial charge in [-0.25, -0.2) is 8.78 Å². The SMILES string of the molecule is CC(C)C[C@H]1CN(Cc2c(F)cccc2F)[C@@H](CC(C)C)C(=O)N1. The van der Waals surface area contributed by atoms with Crippen molar-refractivity contribution >= 4 is 5.91 Å². The molecule has 1 fully saturated rings. The molecule has 0 saturated carbocycles. The van der Waals surface area contributed by atoms with Crippen molar-refractivity contribution in [1.29, 1.82) is 0 Å². The molecule has 0 spiro atoms. The normalized spacial score (nSPS) is 22.2. The van der Waals surface area contributed by atoms with E-state index in [4.69, 9.17) is 0 Å². The van der Waals surface area contributed by atoms with Crippen molar-refractivity contribution in [2.75, 3.05) is 6.54 Å². The van der Waals surface area contributed by atoms with E-state index in [1.54, 1.807) is 0 Å². The highest BCUT2D eigenvalue weighted by Gasteiger charge is 2.35. The number of nitrogens with one attached hydrogen (secondary N) is 1. The molecule has 3 nitrogen and oxygen atoms in total. The lowest BCUT2D eigenvalue weighted by molar-refractivity contribution is -0.132. The van der Waals surface area contributed by atoms with Gasteiger partial charge in [0.15, 0.2) is 0 Å². The highest BCUT2D eigenvalue weighted by molar-refractivity contribution is 5.82. The van der Waals surface area contributed by atoms with Crippen LogP contribution in [-0.2, 0) is 11.3 Å². The Bertz CT molecular complexity index is 554. The van der Waals surface area contributed by atoms with Gasteiger partial charge in [0, 0.05) is 24.7 Å². The van der Waals surface area contributed by atoms with Crippen molar-refractivity contribution in [3.63, 3.8) is 0 Å². The topological polar surface area (TPSA) is 32.3 Å². The van der Waals surface area contributed by atoms with Crippen LogP contribution in [0.25, 0.3) is 0 Å². The van der Waals surface area contributed by atoms with Crippen molar-refractivity contribution in [3.8, 4) is 0 Å². The van der Waals surface area contributed by atoms with Gasteiger partial charge in [0.2, 0.25) is 5.91 Å². The van der Waals surface area contributed by atoms with Crippen molar-refractivity contribution in [2.24, 2.45) is 11.8 Å². The van der Waals surface area contributed by atoms with Crippen LogP contribution in [0.3, 0.4) is 0 Å². The smallest absolute Gasteiger partial charge is 0.237 e. The molecule has 2 atom stereocenters. The van der Waals surface area contributed by atoms with Crippen LogP contribution in [0.4, 0.5) is 8.78 Å². The Morgan fingerprint density at radius 2 is 1.71 bits per heavy atom. The van der Waals surface area contributed by atoms with Crippen molar-refractivity contribution in [1.82, 2.24) is 10.2 Å². The number of carbonyl (C=O) groups excluding carboxylic acids is 1. The minimum atomic E-state index is -0.551. The summed E-state index contributed by atoms with van der Waals surface area (Å²) in [4.78, 5) is 14.5. The lowest BCUT2D eigenvalue weighted by Gasteiger charge is -2.40. The highest BCUT2D eigenvalue weighted by Crippen LogP contribution is 2.23. The van der Waals surface area contributed by atoms with Crippen LogP contribution in [0.1, 0.15) is 46.1 Å². The van der Waals surface area contributed by atoms with Gasteiger partial charge in [-0.2, -0.15) is 0 Å². The molecule has 134 valence electrons. The largest absolute Gasteiger partial charge is 0.351 e. The van der Waals surface area contributed by atoms with Gasteiger partial charge in [-0.15, -0.1) is 0 Å². The number of halogens is 2. The summed E-state index contributed by atoms with van der Waals surface area (Å²) < 4.78 is 28.1. The molecule has 1 saturated heterocycles. The van der Waals surface area contributed by atoms with Gasteiger partial charge in [-0.1, -0.05) is 33.8 Å². The minimum Gasteiger partial charge on any atom is -0.351 e. The van der Waals surface area contributed by atoms with Gasteiger partial charge >= 0.3 is 0 Å². The van der Waals surface area contributed by atoms with Gasteiger partial charge < -0.3 is 5.32 Å². The van der Waals surface area contributed by atoms with E-state index in [9.17, 15) is 13.6 Å². The first-order chi connectivity index (χ1) is 11.3. The Morgan fingerprint density at radius 3 is 2.25 bits per heavy atom. The molecule has 0 aromatic heterocycles. The first kappa shape index (κ1) is 18.8.